The Hall–Kier alpha value is -4.34. The Kier molecular flexibility index (Phi) is 11.6. The number of halogens is 3. The highest BCUT2D eigenvalue weighted by Crippen LogP contribution is 2.47. The molecule has 0 radical (unpaired) electrons. The average Bonchev–Trinajstić information content (AvgIpc) is 3.60. The van der Waals surface area contributed by atoms with E-state index in [0.29, 0.717) is 41.9 Å². The van der Waals surface area contributed by atoms with E-state index in [9.17, 15) is 32.3 Å². The number of ether oxygens (including phenoxy) is 5. The molecule has 2 aliphatic rings. The second-order valence-corrected chi connectivity index (χ2v) is 14.9. The van der Waals surface area contributed by atoms with Gasteiger partial charge in [-0.3, -0.25) is 9.59 Å². The van der Waals surface area contributed by atoms with Gasteiger partial charge in [0.15, 0.2) is 12.6 Å². The van der Waals surface area contributed by atoms with Crippen LogP contribution >= 0.6 is 0 Å². The monoisotopic (exact) mass is 739 g/mol. The van der Waals surface area contributed by atoms with E-state index in [1.807, 2.05) is 20.8 Å². The van der Waals surface area contributed by atoms with Crippen LogP contribution < -0.4 is 19.5 Å². The third kappa shape index (κ3) is 8.16. The number of aromatic nitrogens is 1. The van der Waals surface area contributed by atoms with Crippen LogP contribution in [0.3, 0.4) is 0 Å². The summed E-state index contributed by atoms with van der Waals surface area (Å²) in [6.45, 7) is 8.91. The molecule has 1 aliphatic carbocycles. The highest BCUT2D eigenvalue weighted by molar-refractivity contribution is 5.96. The maximum absolute atomic E-state index is 14.7. The van der Waals surface area contributed by atoms with Crippen molar-refractivity contribution >= 4 is 34.8 Å². The van der Waals surface area contributed by atoms with E-state index in [4.69, 9.17) is 18.9 Å². The minimum atomic E-state index is -4.78. The number of nitrogens with one attached hydrogen (secondary N) is 1. The van der Waals surface area contributed by atoms with Crippen molar-refractivity contribution in [2.45, 2.75) is 90.7 Å². The van der Waals surface area contributed by atoms with Gasteiger partial charge in [-0.15, -0.1) is 0 Å². The minimum Gasteiger partial charge on any atom is -0.496 e. The van der Waals surface area contributed by atoms with Crippen LogP contribution in [0.25, 0.3) is 10.9 Å². The molecule has 1 aromatic heterocycles. The van der Waals surface area contributed by atoms with E-state index in [1.165, 1.54) is 26.1 Å². The van der Waals surface area contributed by atoms with Gasteiger partial charge in [0.05, 0.1) is 47.0 Å². The third-order valence-electron chi connectivity index (χ3n) is 9.80. The van der Waals surface area contributed by atoms with Crippen LogP contribution in [0, 0.1) is 18.3 Å². The molecule has 1 saturated heterocycles. The number of esters is 1. The molecule has 13 nitrogen and oxygen atoms in total. The average molecular weight is 740 g/mol. The number of aryl methyl sites for hydroxylation is 1. The quantitative estimate of drug-likeness (QED) is 0.235. The smallest absolute Gasteiger partial charge is 0.496 e. The van der Waals surface area contributed by atoms with E-state index in [2.05, 4.69) is 15.0 Å². The lowest BCUT2D eigenvalue weighted by Crippen LogP contribution is -2.66. The summed E-state index contributed by atoms with van der Waals surface area (Å²) in [6.07, 6.45) is -5.91. The van der Waals surface area contributed by atoms with E-state index < -0.39 is 70.3 Å². The lowest BCUT2D eigenvalue weighted by atomic mass is 9.83. The molecular weight excluding hydrogens is 689 g/mol. The van der Waals surface area contributed by atoms with E-state index in [-0.39, 0.29) is 24.8 Å². The summed E-state index contributed by atoms with van der Waals surface area (Å²) in [5.74, 6) is -0.843. The molecule has 2 aromatic rings. The van der Waals surface area contributed by atoms with Crippen molar-refractivity contribution in [3.63, 3.8) is 0 Å². The van der Waals surface area contributed by atoms with Crippen molar-refractivity contribution < 1.29 is 60.5 Å². The summed E-state index contributed by atoms with van der Waals surface area (Å²) in [6, 6.07) is 2.68. The molecule has 4 rings (SSSR count). The van der Waals surface area contributed by atoms with Gasteiger partial charge in [0.25, 0.3) is 5.91 Å². The van der Waals surface area contributed by atoms with Crippen molar-refractivity contribution in [1.29, 1.82) is 0 Å². The number of fused-ring (bicyclic) bond motifs is 1. The fourth-order valence-corrected chi connectivity index (χ4v) is 7.40. The number of methoxy groups -OCH3 is 2. The number of carbonyl (C=O) groups excluding carboxylic acids is 4. The molecule has 5 unspecified atom stereocenters. The fourth-order valence-electron chi connectivity index (χ4n) is 7.40. The summed E-state index contributed by atoms with van der Waals surface area (Å²) in [7, 11) is 5.36. The number of amides is 3. The maximum Gasteiger partial charge on any atom is 0.516 e. The summed E-state index contributed by atoms with van der Waals surface area (Å²) in [5, 5.41) is 3.48. The highest BCUT2D eigenvalue weighted by Gasteiger charge is 2.62. The molecule has 0 bridgehead atoms. The Morgan fingerprint density at radius 3 is 2.31 bits per heavy atom. The van der Waals surface area contributed by atoms with Crippen molar-refractivity contribution in [1.82, 2.24) is 15.2 Å². The molecule has 288 valence electrons. The summed E-state index contributed by atoms with van der Waals surface area (Å²) in [4.78, 5) is 60.9. The van der Waals surface area contributed by atoms with Crippen LogP contribution in [-0.4, -0.2) is 116 Å². The first-order valence-corrected chi connectivity index (χ1v) is 17.2. The molecule has 1 aliphatic heterocycles. The Labute approximate surface area is 301 Å². The largest absolute Gasteiger partial charge is 0.516 e. The molecule has 2 fully saturated rings. The van der Waals surface area contributed by atoms with Gasteiger partial charge >= 0.3 is 18.2 Å². The Morgan fingerprint density at radius 2 is 1.77 bits per heavy atom. The van der Waals surface area contributed by atoms with Crippen LogP contribution in [0.15, 0.2) is 18.2 Å². The van der Waals surface area contributed by atoms with Gasteiger partial charge in [0, 0.05) is 28.9 Å². The van der Waals surface area contributed by atoms with Crippen molar-refractivity contribution in [2.24, 2.45) is 11.3 Å². The first-order chi connectivity index (χ1) is 24.1. The van der Waals surface area contributed by atoms with Crippen molar-refractivity contribution in [3.8, 4) is 17.4 Å². The number of likely N-dealkylation sites (N-methyl/N-ethyl adjacent to an activating group) is 1. The zero-order valence-electron chi connectivity index (χ0n) is 31.4. The Bertz CT molecular complexity index is 1690. The molecule has 1 aromatic carbocycles. The van der Waals surface area contributed by atoms with E-state index >= 15 is 0 Å². The normalized spacial score (nSPS) is 22.4. The zero-order valence-corrected chi connectivity index (χ0v) is 31.4. The van der Waals surface area contributed by atoms with Crippen molar-refractivity contribution in [2.75, 3.05) is 48.1 Å². The number of alkyl halides is 3. The van der Waals surface area contributed by atoms with Crippen molar-refractivity contribution in [3.05, 3.63) is 23.8 Å². The van der Waals surface area contributed by atoms with Gasteiger partial charge in [0.1, 0.15) is 29.2 Å². The van der Waals surface area contributed by atoms with E-state index in [0.717, 1.165) is 5.56 Å². The maximum atomic E-state index is 14.7. The number of nitrogens with zero attached hydrogens (tertiary/aromatic N) is 3. The SMILES string of the molecule is CCOc1cc(OC2CC(C(=O)NC3(C(=O)OC)CC3CC)N(C(=O)C(C(C)(C)C)[N+](C)(C)C(=O)OCC(F)(F)F)C2)c2ccc(OC)c(C)c2n1. The number of carbonyl (C=O) groups is 4. The lowest BCUT2D eigenvalue weighted by Gasteiger charge is -2.42. The number of hydrogen-bond donors (Lipinski definition) is 1. The Balaban J connectivity index is 1.76. The van der Waals surface area contributed by atoms with Gasteiger partial charge < -0.3 is 33.9 Å². The van der Waals surface area contributed by atoms with Crippen LogP contribution in [-0.2, 0) is 23.9 Å². The standard InChI is InChI=1S/C36H49F3N4O9/c1-11-21-17-35(21,32(46)49-10)41-30(44)24-15-22(52-26-16-27(50-12-2)40-28-20(3)25(48-9)14-13-23(26)28)18-42(24)31(45)29(34(4,5)6)43(7,8)33(47)51-19-36(37,38)39/h13-14,16,21-22,24,29H,11-12,15,17-19H2,1-10H3/p+1. The topological polar surface area (TPSA) is 143 Å². The van der Waals surface area contributed by atoms with Crippen LogP contribution in [0.4, 0.5) is 18.0 Å². The van der Waals surface area contributed by atoms with Gasteiger partial charge in [-0.2, -0.15) is 18.0 Å². The van der Waals surface area contributed by atoms with Gasteiger partial charge in [-0.1, -0.05) is 34.1 Å². The molecule has 3 amide bonds. The molecule has 16 heteroatoms. The molecule has 1 N–H and O–H groups in total. The van der Waals surface area contributed by atoms with E-state index in [1.54, 1.807) is 46.1 Å². The predicted molar refractivity (Wildman–Crippen MR) is 183 cm³/mol. The second-order valence-electron chi connectivity index (χ2n) is 14.9. The molecule has 52 heavy (non-hydrogen) atoms. The molecule has 1 saturated carbocycles. The highest BCUT2D eigenvalue weighted by atomic mass is 19.4. The third-order valence-corrected chi connectivity index (χ3v) is 9.80. The van der Waals surface area contributed by atoms with Crippen LogP contribution in [0.5, 0.6) is 17.4 Å². The second kappa shape index (κ2) is 15.0. The molecule has 5 atom stereocenters. The molecular formula is C36H50F3N4O9+. The number of hydrogen-bond acceptors (Lipinski definition) is 10. The first kappa shape index (κ1) is 40.4. The van der Waals surface area contributed by atoms with Gasteiger partial charge in [0.2, 0.25) is 11.8 Å². The Morgan fingerprint density at radius 1 is 1.10 bits per heavy atom. The summed E-state index contributed by atoms with van der Waals surface area (Å²) < 4.78 is 65.6. The number of benzene rings is 1. The number of pyridine rings is 1. The predicted octanol–water partition coefficient (Wildman–Crippen LogP) is 4.95. The number of likely N-dealkylation sites (tertiary alicyclic amines) is 1. The number of rotatable bonds is 12. The zero-order chi connectivity index (χ0) is 39.0. The lowest BCUT2D eigenvalue weighted by molar-refractivity contribution is -0.842. The first-order valence-electron chi connectivity index (χ1n) is 17.2. The molecule has 0 spiro atoms. The summed E-state index contributed by atoms with van der Waals surface area (Å²) in [5.41, 5.74) is -0.984. The fraction of sp³-hybridized carbons (Fsp3) is 0.639. The molecule has 2 heterocycles. The summed E-state index contributed by atoms with van der Waals surface area (Å²) >= 11 is 0. The number of quaternary nitrogens is 1. The van der Waals surface area contributed by atoms with Gasteiger partial charge in [-0.05, 0) is 38.3 Å². The minimum absolute atomic E-state index is 0.0165. The van der Waals surface area contributed by atoms with Crippen LogP contribution in [0.2, 0.25) is 0 Å². The van der Waals surface area contributed by atoms with Crippen LogP contribution in [0.1, 0.15) is 59.4 Å². The van der Waals surface area contributed by atoms with Gasteiger partial charge in [-0.25, -0.2) is 14.3 Å².